The quantitative estimate of drug-likeness (QED) is 0.858. The van der Waals surface area contributed by atoms with Crippen LogP contribution in [0.5, 0.6) is 5.75 Å². The highest BCUT2D eigenvalue weighted by Crippen LogP contribution is 2.26. The molecule has 0 saturated carbocycles. The van der Waals surface area contributed by atoms with Crippen LogP contribution in [0.2, 0.25) is 0 Å². The Kier molecular flexibility index (Phi) is 3.60. The third-order valence-electron chi connectivity index (χ3n) is 2.04. The second-order valence-corrected chi connectivity index (χ2v) is 4.98. The number of nitriles is 1. The first kappa shape index (κ1) is 11.2. The molecule has 2 nitrogen and oxygen atoms in total. The second-order valence-electron chi connectivity index (χ2n) is 3.09. The molecule has 0 aliphatic carbocycles. The molecule has 16 heavy (non-hydrogen) atoms. The monoisotopic (exact) mass is 293 g/mol. The molecule has 0 aliphatic rings. The highest BCUT2D eigenvalue weighted by atomic mass is 79.9. The second kappa shape index (κ2) is 5.15. The Morgan fingerprint density at radius 2 is 2.19 bits per heavy atom. The smallest absolute Gasteiger partial charge is 0.138 e. The van der Waals surface area contributed by atoms with Crippen LogP contribution in [0.4, 0.5) is 0 Å². The van der Waals surface area contributed by atoms with E-state index in [9.17, 15) is 0 Å². The van der Waals surface area contributed by atoms with Crippen LogP contribution in [-0.4, -0.2) is 0 Å². The van der Waals surface area contributed by atoms with Crippen molar-refractivity contribution < 1.29 is 4.74 Å². The molecule has 0 atom stereocenters. The summed E-state index contributed by atoms with van der Waals surface area (Å²) in [6.07, 6.45) is 0. The molecule has 0 aliphatic heterocycles. The van der Waals surface area contributed by atoms with Crippen molar-refractivity contribution in [3.8, 4) is 11.8 Å². The fourth-order valence-electron chi connectivity index (χ4n) is 1.28. The molecule has 2 aromatic rings. The van der Waals surface area contributed by atoms with Crippen molar-refractivity contribution in [2.24, 2.45) is 0 Å². The number of ether oxygens (including phenoxy) is 1. The van der Waals surface area contributed by atoms with Crippen molar-refractivity contribution >= 4 is 27.3 Å². The lowest BCUT2D eigenvalue weighted by molar-refractivity contribution is 0.308. The van der Waals surface area contributed by atoms with E-state index in [-0.39, 0.29) is 0 Å². The molecule has 0 amide bonds. The lowest BCUT2D eigenvalue weighted by Crippen LogP contribution is -1.95. The first-order chi connectivity index (χ1) is 7.81. The lowest BCUT2D eigenvalue weighted by Gasteiger charge is -2.07. The van der Waals surface area contributed by atoms with E-state index in [0.717, 1.165) is 9.35 Å². The minimum atomic E-state index is 0.503. The number of hydrogen-bond acceptors (Lipinski definition) is 3. The minimum Gasteiger partial charge on any atom is -0.487 e. The van der Waals surface area contributed by atoms with Gasteiger partial charge in [0.15, 0.2) is 0 Å². The van der Waals surface area contributed by atoms with Crippen LogP contribution in [0.3, 0.4) is 0 Å². The van der Waals surface area contributed by atoms with E-state index in [1.165, 1.54) is 0 Å². The molecule has 4 heteroatoms. The van der Waals surface area contributed by atoms with E-state index < -0.39 is 0 Å². The van der Waals surface area contributed by atoms with Crippen LogP contribution in [0, 0.1) is 11.3 Å². The number of benzene rings is 1. The topological polar surface area (TPSA) is 33.0 Å². The molecule has 0 radical (unpaired) electrons. The Morgan fingerprint density at radius 3 is 2.88 bits per heavy atom. The molecular formula is C12H8BrNOS. The number of rotatable bonds is 3. The zero-order chi connectivity index (χ0) is 11.4. The summed E-state index contributed by atoms with van der Waals surface area (Å²) >= 11 is 4.97. The van der Waals surface area contributed by atoms with E-state index in [2.05, 4.69) is 22.0 Å². The maximum Gasteiger partial charge on any atom is 0.138 e. The van der Waals surface area contributed by atoms with Gasteiger partial charge in [0.2, 0.25) is 0 Å². The molecule has 0 spiro atoms. The van der Waals surface area contributed by atoms with Crippen LogP contribution in [0.1, 0.15) is 10.4 Å². The van der Waals surface area contributed by atoms with Crippen LogP contribution in [0.15, 0.2) is 40.2 Å². The molecule has 80 valence electrons. The Hall–Kier alpha value is -1.31. The van der Waals surface area contributed by atoms with E-state index in [0.29, 0.717) is 17.9 Å². The normalized spacial score (nSPS) is 9.75. The SMILES string of the molecule is N#Cc1c(Br)cccc1OCc1cccs1. The van der Waals surface area contributed by atoms with Gasteiger partial charge in [0.05, 0.1) is 0 Å². The van der Waals surface area contributed by atoms with E-state index in [1.54, 1.807) is 17.4 Å². The average molecular weight is 294 g/mol. The summed E-state index contributed by atoms with van der Waals surface area (Å²) in [6, 6.07) is 11.6. The Bertz CT molecular complexity index is 516. The van der Waals surface area contributed by atoms with Crippen molar-refractivity contribution in [3.05, 3.63) is 50.6 Å². The highest BCUT2D eigenvalue weighted by molar-refractivity contribution is 9.10. The summed E-state index contributed by atoms with van der Waals surface area (Å²) in [5.74, 6) is 0.616. The Labute approximate surface area is 106 Å². The van der Waals surface area contributed by atoms with Crippen LogP contribution in [0.25, 0.3) is 0 Å². The van der Waals surface area contributed by atoms with E-state index in [1.807, 2.05) is 29.6 Å². The summed E-state index contributed by atoms with van der Waals surface area (Å²) in [5, 5.41) is 11.0. The van der Waals surface area contributed by atoms with E-state index >= 15 is 0 Å². The fourth-order valence-corrected chi connectivity index (χ4v) is 2.33. The molecule has 0 N–H and O–H groups in total. The Balaban J connectivity index is 2.16. The van der Waals surface area contributed by atoms with Gasteiger partial charge < -0.3 is 4.74 Å². The Morgan fingerprint density at radius 1 is 1.31 bits per heavy atom. The molecule has 0 bridgehead atoms. The van der Waals surface area contributed by atoms with Crippen molar-refractivity contribution in [2.45, 2.75) is 6.61 Å². The first-order valence-electron chi connectivity index (χ1n) is 4.65. The number of halogens is 1. The number of thiophene rings is 1. The molecule has 2 rings (SSSR count). The molecule has 0 fully saturated rings. The zero-order valence-electron chi connectivity index (χ0n) is 8.31. The number of hydrogen-bond donors (Lipinski definition) is 0. The van der Waals surface area contributed by atoms with Gasteiger partial charge in [-0.2, -0.15) is 5.26 Å². The van der Waals surface area contributed by atoms with Gasteiger partial charge in [-0.25, -0.2) is 0 Å². The summed E-state index contributed by atoms with van der Waals surface area (Å²) in [6.45, 7) is 0.503. The van der Waals surface area contributed by atoms with Gasteiger partial charge in [-0.15, -0.1) is 11.3 Å². The van der Waals surface area contributed by atoms with Gasteiger partial charge in [0.1, 0.15) is 24.0 Å². The molecule has 1 aromatic heterocycles. The van der Waals surface area contributed by atoms with Crippen LogP contribution in [-0.2, 0) is 6.61 Å². The molecule has 0 unspecified atom stereocenters. The largest absolute Gasteiger partial charge is 0.487 e. The first-order valence-corrected chi connectivity index (χ1v) is 6.32. The maximum absolute atomic E-state index is 9.00. The predicted octanol–water partition coefficient (Wildman–Crippen LogP) is 3.96. The zero-order valence-corrected chi connectivity index (χ0v) is 10.7. The van der Waals surface area contributed by atoms with Crippen molar-refractivity contribution in [1.82, 2.24) is 0 Å². The summed E-state index contributed by atoms with van der Waals surface area (Å²) in [7, 11) is 0. The standard InChI is InChI=1S/C12H8BrNOS/c13-11-4-1-5-12(10(11)7-14)15-8-9-3-2-6-16-9/h1-6H,8H2. The third-order valence-corrected chi connectivity index (χ3v) is 3.55. The van der Waals surface area contributed by atoms with Gasteiger partial charge in [-0.1, -0.05) is 12.1 Å². The van der Waals surface area contributed by atoms with Gasteiger partial charge >= 0.3 is 0 Å². The summed E-state index contributed by atoms with van der Waals surface area (Å²) in [5.41, 5.74) is 0.541. The molecular weight excluding hydrogens is 286 g/mol. The van der Waals surface area contributed by atoms with E-state index in [4.69, 9.17) is 10.00 Å². The molecule has 1 aromatic carbocycles. The fraction of sp³-hybridized carbons (Fsp3) is 0.0833. The van der Waals surface area contributed by atoms with Crippen molar-refractivity contribution in [2.75, 3.05) is 0 Å². The summed E-state index contributed by atoms with van der Waals surface area (Å²) in [4.78, 5) is 1.14. The van der Waals surface area contributed by atoms with Crippen molar-refractivity contribution in [3.63, 3.8) is 0 Å². The molecule has 0 saturated heterocycles. The van der Waals surface area contributed by atoms with Crippen LogP contribution < -0.4 is 4.74 Å². The third kappa shape index (κ3) is 2.43. The van der Waals surface area contributed by atoms with Crippen molar-refractivity contribution in [1.29, 1.82) is 5.26 Å². The van der Waals surface area contributed by atoms with Gasteiger partial charge in [0, 0.05) is 9.35 Å². The highest BCUT2D eigenvalue weighted by Gasteiger charge is 2.07. The summed E-state index contributed by atoms with van der Waals surface area (Å²) < 4.78 is 6.37. The number of nitrogens with zero attached hydrogens (tertiary/aromatic N) is 1. The van der Waals surface area contributed by atoms with Gasteiger partial charge in [0.25, 0.3) is 0 Å². The molecule has 1 heterocycles. The van der Waals surface area contributed by atoms with Gasteiger partial charge in [-0.3, -0.25) is 0 Å². The lowest BCUT2D eigenvalue weighted by atomic mass is 10.2. The maximum atomic E-state index is 9.00. The minimum absolute atomic E-state index is 0.503. The predicted molar refractivity (Wildman–Crippen MR) is 67.5 cm³/mol. The van der Waals surface area contributed by atoms with Gasteiger partial charge in [-0.05, 0) is 39.5 Å². The average Bonchev–Trinajstić information content (AvgIpc) is 2.79. The van der Waals surface area contributed by atoms with Crippen LogP contribution >= 0.6 is 27.3 Å².